The highest BCUT2D eigenvalue weighted by molar-refractivity contribution is 5.61. The topological polar surface area (TPSA) is 78.1 Å². The smallest absolute Gasteiger partial charge is 0.0376 e. The van der Waals surface area contributed by atoms with Gasteiger partial charge in [0.25, 0.3) is 0 Å². The minimum atomic E-state index is -0.175. The molecule has 0 aliphatic rings. The van der Waals surface area contributed by atoms with Crippen molar-refractivity contribution in [2.75, 3.05) is 17.2 Å². The number of hydrogen-bond donors (Lipinski definition) is 3. The van der Waals surface area contributed by atoms with Crippen LogP contribution in [0.2, 0.25) is 0 Å². The van der Waals surface area contributed by atoms with Gasteiger partial charge in [0.05, 0.1) is 0 Å². The third kappa shape index (κ3) is 2.12. The van der Waals surface area contributed by atoms with E-state index in [2.05, 4.69) is 13.8 Å². The van der Waals surface area contributed by atoms with E-state index >= 15 is 0 Å². The van der Waals surface area contributed by atoms with E-state index in [1.165, 1.54) is 5.56 Å². The van der Waals surface area contributed by atoms with E-state index in [-0.39, 0.29) is 5.41 Å². The fraction of sp³-hybridized carbons (Fsp3) is 0.200. The average Bonchev–Trinajstić information content (AvgIpc) is 2.29. The molecule has 2 aromatic carbocycles. The molecule has 2 aromatic rings. The van der Waals surface area contributed by atoms with Gasteiger partial charge >= 0.3 is 0 Å². The van der Waals surface area contributed by atoms with Crippen molar-refractivity contribution in [2.24, 2.45) is 0 Å². The van der Waals surface area contributed by atoms with Crippen molar-refractivity contribution in [3.63, 3.8) is 0 Å². The second-order valence-electron chi connectivity index (χ2n) is 5.09. The third-order valence-corrected chi connectivity index (χ3v) is 3.38. The molecule has 0 saturated carbocycles. The molecule has 94 valence electrons. The fourth-order valence-corrected chi connectivity index (χ4v) is 2.21. The highest BCUT2D eigenvalue weighted by Crippen LogP contribution is 2.35. The Morgan fingerprint density at radius 2 is 1.33 bits per heavy atom. The maximum absolute atomic E-state index is 6.07. The van der Waals surface area contributed by atoms with Gasteiger partial charge in [-0.15, -0.1) is 0 Å². The lowest BCUT2D eigenvalue weighted by atomic mass is 9.77. The predicted octanol–water partition coefficient (Wildman–Crippen LogP) is 2.76. The van der Waals surface area contributed by atoms with Gasteiger partial charge in [0, 0.05) is 22.5 Å². The van der Waals surface area contributed by atoms with Crippen molar-refractivity contribution in [1.29, 1.82) is 0 Å². The van der Waals surface area contributed by atoms with Gasteiger partial charge in [0.2, 0.25) is 0 Å². The van der Waals surface area contributed by atoms with Gasteiger partial charge in [-0.2, -0.15) is 0 Å². The maximum atomic E-state index is 6.07. The Kier molecular flexibility index (Phi) is 2.91. The molecule has 0 unspecified atom stereocenters. The van der Waals surface area contributed by atoms with Gasteiger partial charge < -0.3 is 17.2 Å². The second kappa shape index (κ2) is 4.26. The molecule has 3 heteroatoms. The largest absolute Gasteiger partial charge is 0.399 e. The molecule has 0 heterocycles. The Hall–Kier alpha value is -2.16. The van der Waals surface area contributed by atoms with Crippen LogP contribution in [0.1, 0.15) is 25.0 Å². The van der Waals surface area contributed by atoms with Crippen molar-refractivity contribution in [3.8, 4) is 0 Å². The Morgan fingerprint density at radius 3 is 1.89 bits per heavy atom. The Balaban J connectivity index is 2.50. The van der Waals surface area contributed by atoms with E-state index in [4.69, 9.17) is 17.2 Å². The summed E-state index contributed by atoms with van der Waals surface area (Å²) in [6, 6.07) is 13.5. The van der Waals surface area contributed by atoms with Crippen molar-refractivity contribution in [2.45, 2.75) is 19.3 Å². The van der Waals surface area contributed by atoms with Crippen LogP contribution in [0.4, 0.5) is 17.1 Å². The first kappa shape index (κ1) is 12.3. The Labute approximate surface area is 108 Å². The van der Waals surface area contributed by atoms with Gasteiger partial charge in [0.15, 0.2) is 0 Å². The van der Waals surface area contributed by atoms with Gasteiger partial charge in [-0.3, -0.25) is 0 Å². The molecule has 0 aliphatic heterocycles. The number of nitrogens with two attached hydrogens (primary N) is 3. The standard InChI is InChI=1S/C15H19N3/c1-15(2,10-3-5-11(16)6-4-10)13-8-7-12(17)9-14(13)18/h3-9H,16-18H2,1-2H3. The fourth-order valence-electron chi connectivity index (χ4n) is 2.21. The Bertz CT molecular complexity index is 556. The number of rotatable bonds is 2. The van der Waals surface area contributed by atoms with E-state index in [0.717, 1.165) is 16.9 Å². The quantitative estimate of drug-likeness (QED) is 0.707. The van der Waals surface area contributed by atoms with Crippen molar-refractivity contribution >= 4 is 17.1 Å². The molecule has 0 fully saturated rings. The van der Waals surface area contributed by atoms with Crippen LogP contribution in [-0.4, -0.2) is 0 Å². The average molecular weight is 241 g/mol. The number of nitrogen functional groups attached to an aromatic ring is 3. The highest BCUT2D eigenvalue weighted by Gasteiger charge is 2.25. The van der Waals surface area contributed by atoms with Gasteiger partial charge in [-0.25, -0.2) is 0 Å². The summed E-state index contributed by atoms with van der Waals surface area (Å²) < 4.78 is 0. The van der Waals surface area contributed by atoms with E-state index in [0.29, 0.717) is 5.69 Å². The van der Waals surface area contributed by atoms with E-state index in [1.54, 1.807) is 6.07 Å². The van der Waals surface area contributed by atoms with Crippen LogP contribution < -0.4 is 17.2 Å². The van der Waals surface area contributed by atoms with Crippen molar-refractivity contribution in [1.82, 2.24) is 0 Å². The number of hydrogen-bond acceptors (Lipinski definition) is 3. The van der Waals surface area contributed by atoms with E-state index in [9.17, 15) is 0 Å². The van der Waals surface area contributed by atoms with Crippen molar-refractivity contribution < 1.29 is 0 Å². The maximum Gasteiger partial charge on any atom is 0.0376 e. The molecule has 18 heavy (non-hydrogen) atoms. The van der Waals surface area contributed by atoms with E-state index in [1.807, 2.05) is 36.4 Å². The number of anilines is 3. The monoisotopic (exact) mass is 241 g/mol. The van der Waals surface area contributed by atoms with Crippen LogP contribution in [0, 0.1) is 0 Å². The summed E-state index contributed by atoms with van der Waals surface area (Å²) in [6.45, 7) is 4.28. The summed E-state index contributed by atoms with van der Waals surface area (Å²) in [7, 11) is 0. The zero-order valence-electron chi connectivity index (χ0n) is 10.8. The molecule has 6 N–H and O–H groups in total. The predicted molar refractivity (Wildman–Crippen MR) is 78.2 cm³/mol. The van der Waals surface area contributed by atoms with Gasteiger partial charge in [0.1, 0.15) is 0 Å². The molecule has 3 nitrogen and oxygen atoms in total. The third-order valence-electron chi connectivity index (χ3n) is 3.38. The van der Waals surface area contributed by atoms with Gasteiger partial charge in [-0.1, -0.05) is 32.0 Å². The van der Waals surface area contributed by atoms with Crippen LogP contribution >= 0.6 is 0 Å². The molecule has 0 amide bonds. The lowest BCUT2D eigenvalue weighted by molar-refractivity contribution is 0.643. The summed E-state index contributed by atoms with van der Waals surface area (Å²) in [4.78, 5) is 0. The zero-order chi connectivity index (χ0) is 13.3. The minimum Gasteiger partial charge on any atom is -0.399 e. The molecule has 0 aromatic heterocycles. The summed E-state index contributed by atoms with van der Waals surface area (Å²) in [5, 5.41) is 0. The first-order valence-electron chi connectivity index (χ1n) is 5.93. The molecule has 0 radical (unpaired) electrons. The molecular weight excluding hydrogens is 222 g/mol. The molecule has 0 saturated heterocycles. The molecule has 0 aliphatic carbocycles. The summed E-state index contributed by atoms with van der Waals surface area (Å²) in [5.74, 6) is 0. The summed E-state index contributed by atoms with van der Waals surface area (Å²) >= 11 is 0. The summed E-state index contributed by atoms with van der Waals surface area (Å²) in [5.41, 5.74) is 21.8. The van der Waals surface area contributed by atoms with Crippen LogP contribution in [0.25, 0.3) is 0 Å². The lowest BCUT2D eigenvalue weighted by Crippen LogP contribution is -2.20. The minimum absolute atomic E-state index is 0.175. The van der Waals surface area contributed by atoms with Crippen LogP contribution in [0.3, 0.4) is 0 Å². The van der Waals surface area contributed by atoms with Crippen molar-refractivity contribution in [3.05, 3.63) is 53.6 Å². The second-order valence-corrected chi connectivity index (χ2v) is 5.09. The summed E-state index contributed by atoms with van der Waals surface area (Å²) in [6.07, 6.45) is 0. The molecule has 2 rings (SSSR count). The Morgan fingerprint density at radius 1 is 0.778 bits per heavy atom. The lowest BCUT2D eigenvalue weighted by Gasteiger charge is -2.27. The molecule has 0 spiro atoms. The van der Waals surface area contributed by atoms with Crippen LogP contribution in [0.15, 0.2) is 42.5 Å². The molecule has 0 atom stereocenters. The number of benzene rings is 2. The van der Waals surface area contributed by atoms with E-state index < -0.39 is 0 Å². The van der Waals surface area contributed by atoms with Crippen LogP contribution in [-0.2, 0) is 5.41 Å². The first-order chi connectivity index (χ1) is 8.41. The highest BCUT2D eigenvalue weighted by atomic mass is 14.6. The molecule has 0 bridgehead atoms. The van der Waals surface area contributed by atoms with Gasteiger partial charge in [-0.05, 0) is 35.4 Å². The normalized spacial score (nSPS) is 11.4. The SMILES string of the molecule is CC(C)(c1ccc(N)cc1)c1ccc(N)cc1N. The van der Waals surface area contributed by atoms with Crippen LogP contribution in [0.5, 0.6) is 0 Å². The zero-order valence-corrected chi connectivity index (χ0v) is 10.8. The first-order valence-corrected chi connectivity index (χ1v) is 5.93. The molecular formula is C15H19N3.